The maximum Gasteiger partial charge on any atom is 0.194 e. The van der Waals surface area contributed by atoms with Gasteiger partial charge in [-0.15, -0.1) is 12.4 Å². The number of nitrogens with one attached hydrogen (secondary N) is 2. The van der Waals surface area contributed by atoms with E-state index >= 15 is 0 Å². The number of nitrogens with zero attached hydrogens (tertiary/aromatic N) is 1. The molecule has 0 aromatic heterocycles. The molecule has 0 bridgehead atoms. The number of rotatable bonds is 3. The lowest BCUT2D eigenvalue weighted by Gasteiger charge is -2.16. The largest absolute Gasteiger partial charge is 0.370 e. The number of halogens is 1. The van der Waals surface area contributed by atoms with Crippen LogP contribution in [0.1, 0.15) is 25.0 Å². The predicted molar refractivity (Wildman–Crippen MR) is 89.3 cm³/mol. The lowest BCUT2D eigenvalue weighted by molar-refractivity contribution is 1.09. The Labute approximate surface area is 126 Å². The van der Waals surface area contributed by atoms with Gasteiger partial charge in [0.05, 0.1) is 0 Å². The monoisotopic (exact) mass is 300 g/mol. The first-order chi connectivity index (χ1) is 8.62. The first kappa shape index (κ1) is 17.7. The highest BCUT2D eigenvalue weighted by atomic mass is 35.5. The smallest absolute Gasteiger partial charge is 0.194 e. The topological polar surface area (TPSA) is 62.4 Å². The number of aryl methyl sites for hydroxylation is 2. The molecule has 1 rings (SSSR count). The van der Waals surface area contributed by atoms with Crippen LogP contribution >= 0.6 is 24.6 Å². The van der Waals surface area contributed by atoms with Crippen LogP contribution in [0.25, 0.3) is 0 Å². The minimum absolute atomic E-state index is 0. The van der Waals surface area contributed by atoms with Crippen LogP contribution in [0.2, 0.25) is 0 Å². The molecule has 0 fully saturated rings. The zero-order valence-electron chi connectivity index (χ0n) is 11.5. The third-order valence-corrected chi connectivity index (χ3v) is 2.92. The average Bonchev–Trinajstić information content (AvgIpc) is 2.38. The predicted octanol–water partition coefficient (Wildman–Crippen LogP) is 2.46. The van der Waals surface area contributed by atoms with Gasteiger partial charge in [0.1, 0.15) is 0 Å². The van der Waals surface area contributed by atoms with E-state index in [9.17, 15) is 0 Å². The first-order valence-corrected chi connectivity index (χ1v) is 6.44. The van der Waals surface area contributed by atoms with Crippen molar-refractivity contribution in [2.24, 2.45) is 10.7 Å². The van der Waals surface area contributed by atoms with E-state index in [2.05, 4.69) is 47.7 Å². The molecule has 1 aromatic carbocycles. The van der Waals surface area contributed by atoms with Gasteiger partial charge in [0.2, 0.25) is 0 Å². The van der Waals surface area contributed by atoms with Crippen molar-refractivity contribution in [3.05, 3.63) is 29.3 Å². The molecule has 0 radical (unpaired) electrons. The standard InChI is InChI=1S/C13H20N4S.ClH/c1-4-9-7-6-8-10(5-2)11(9)16-13(18)17-12(14)15-3;/h6-8H,4-5H2,1-3H3,(H4,14,15,16,17,18);1H. The van der Waals surface area contributed by atoms with Crippen molar-refractivity contribution in [1.29, 1.82) is 0 Å². The van der Waals surface area contributed by atoms with Crippen molar-refractivity contribution in [1.82, 2.24) is 5.32 Å². The molecule has 0 heterocycles. The van der Waals surface area contributed by atoms with Crippen molar-refractivity contribution in [2.45, 2.75) is 26.7 Å². The minimum Gasteiger partial charge on any atom is -0.370 e. The van der Waals surface area contributed by atoms with Crippen LogP contribution < -0.4 is 16.4 Å². The molecule has 0 spiro atoms. The Balaban J connectivity index is 0.00000324. The third-order valence-electron chi connectivity index (χ3n) is 2.72. The fourth-order valence-electron chi connectivity index (χ4n) is 1.72. The fourth-order valence-corrected chi connectivity index (χ4v) is 1.93. The highest BCUT2D eigenvalue weighted by Gasteiger charge is 2.08. The van der Waals surface area contributed by atoms with Crippen molar-refractivity contribution in [3.8, 4) is 0 Å². The van der Waals surface area contributed by atoms with Crippen molar-refractivity contribution in [2.75, 3.05) is 12.4 Å². The number of hydrogen-bond donors (Lipinski definition) is 3. The summed E-state index contributed by atoms with van der Waals surface area (Å²) in [4.78, 5) is 3.81. The van der Waals surface area contributed by atoms with Gasteiger partial charge in [0.15, 0.2) is 11.1 Å². The van der Waals surface area contributed by atoms with Gasteiger partial charge < -0.3 is 16.4 Å². The van der Waals surface area contributed by atoms with Crippen LogP contribution in [0.15, 0.2) is 23.2 Å². The number of nitrogens with two attached hydrogens (primary N) is 1. The SMILES string of the molecule is CCc1cccc(CC)c1NC(=S)NC(N)=NC.Cl. The molecule has 19 heavy (non-hydrogen) atoms. The maximum absolute atomic E-state index is 5.58. The number of anilines is 1. The molecule has 0 aliphatic heterocycles. The van der Waals surface area contributed by atoms with Crippen molar-refractivity contribution >= 4 is 41.4 Å². The number of hydrogen-bond acceptors (Lipinski definition) is 2. The van der Waals surface area contributed by atoms with Gasteiger partial charge in [-0.2, -0.15) is 0 Å². The zero-order valence-corrected chi connectivity index (χ0v) is 13.1. The summed E-state index contributed by atoms with van der Waals surface area (Å²) >= 11 is 5.21. The summed E-state index contributed by atoms with van der Waals surface area (Å²) in [6.45, 7) is 4.25. The second-order valence-electron chi connectivity index (χ2n) is 3.85. The molecule has 0 unspecified atom stereocenters. The third kappa shape index (κ3) is 5.04. The van der Waals surface area contributed by atoms with Crippen LogP contribution in [0.3, 0.4) is 0 Å². The summed E-state index contributed by atoms with van der Waals surface area (Å²) in [5.74, 6) is 0.305. The lowest BCUT2D eigenvalue weighted by Crippen LogP contribution is -2.39. The summed E-state index contributed by atoms with van der Waals surface area (Å²) in [5.41, 5.74) is 9.14. The highest BCUT2D eigenvalue weighted by Crippen LogP contribution is 2.22. The van der Waals surface area contributed by atoms with Gasteiger partial charge in [-0.1, -0.05) is 32.0 Å². The lowest BCUT2D eigenvalue weighted by atomic mass is 10.0. The van der Waals surface area contributed by atoms with Gasteiger partial charge in [-0.25, -0.2) is 0 Å². The molecule has 0 aliphatic rings. The zero-order chi connectivity index (χ0) is 13.5. The Hall–Kier alpha value is -1.33. The molecular weight excluding hydrogens is 280 g/mol. The Morgan fingerprint density at radius 3 is 2.21 bits per heavy atom. The fraction of sp³-hybridized carbons (Fsp3) is 0.385. The van der Waals surface area contributed by atoms with Crippen molar-refractivity contribution in [3.63, 3.8) is 0 Å². The first-order valence-electron chi connectivity index (χ1n) is 6.03. The summed E-state index contributed by atoms with van der Waals surface area (Å²) in [5, 5.41) is 6.50. The number of guanidine groups is 1. The quantitative estimate of drug-likeness (QED) is 0.456. The Bertz CT molecular complexity index is 438. The molecule has 6 heteroatoms. The molecule has 106 valence electrons. The Morgan fingerprint density at radius 1 is 1.26 bits per heavy atom. The average molecular weight is 301 g/mol. The van der Waals surface area contributed by atoms with Crippen LogP contribution in [0.5, 0.6) is 0 Å². The summed E-state index contributed by atoms with van der Waals surface area (Å²) in [6.07, 6.45) is 1.91. The molecule has 0 atom stereocenters. The number of thiocarbonyl (C=S) groups is 1. The van der Waals surface area contributed by atoms with Gasteiger partial charge in [-0.3, -0.25) is 4.99 Å². The van der Waals surface area contributed by atoms with E-state index in [0.29, 0.717) is 11.1 Å². The van der Waals surface area contributed by atoms with E-state index in [1.165, 1.54) is 11.1 Å². The summed E-state index contributed by atoms with van der Waals surface area (Å²) < 4.78 is 0. The van der Waals surface area contributed by atoms with E-state index in [0.717, 1.165) is 18.5 Å². The Morgan fingerprint density at radius 2 is 1.79 bits per heavy atom. The van der Waals surface area contributed by atoms with E-state index in [1.807, 2.05) is 0 Å². The summed E-state index contributed by atoms with van der Waals surface area (Å²) in [6, 6.07) is 6.27. The van der Waals surface area contributed by atoms with Crippen LogP contribution in [-0.2, 0) is 12.8 Å². The van der Waals surface area contributed by atoms with E-state index < -0.39 is 0 Å². The molecular formula is C13H21ClN4S. The molecule has 4 nitrogen and oxygen atoms in total. The van der Waals surface area contributed by atoms with Crippen LogP contribution in [0.4, 0.5) is 5.69 Å². The van der Waals surface area contributed by atoms with Gasteiger partial charge >= 0.3 is 0 Å². The highest BCUT2D eigenvalue weighted by molar-refractivity contribution is 7.80. The van der Waals surface area contributed by atoms with Crippen LogP contribution in [0, 0.1) is 0 Å². The van der Waals surface area contributed by atoms with Gasteiger partial charge in [-0.05, 0) is 36.2 Å². The molecule has 0 saturated carbocycles. The van der Waals surface area contributed by atoms with E-state index in [1.54, 1.807) is 7.05 Å². The van der Waals surface area contributed by atoms with E-state index in [-0.39, 0.29) is 12.4 Å². The van der Waals surface area contributed by atoms with Gasteiger partial charge in [0, 0.05) is 12.7 Å². The number of aliphatic imine (C=N–C) groups is 1. The van der Waals surface area contributed by atoms with E-state index in [4.69, 9.17) is 18.0 Å². The van der Waals surface area contributed by atoms with Gasteiger partial charge in [0.25, 0.3) is 0 Å². The normalized spacial score (nSPS) is 10.6. The second-order valence-corrected chi connectivity index (χ2v) is 4.25. The molecule has 0 amide bonds. The van der Waals surface area contributed by atoms with Crippen LogP contribution in [-0.4, -0.2) is 18.1 Å². The minimum atomic E-state index is 0. The van der Waals surface area contributed by atoms with Crippen molar-refractivity contribution < 1.29 is 0 Å². The Kier molecular flexibility index (Phi) is 8.11. The molecule has 4 N–H and O–H groups in total. The number of benzene rings is 1. The maximum atomic E-state index is 5.58. The second kappa shape index (κ2) is 8.72. The molecule has 0 saturated heterocycles. The molecule has 0 aliphatic carbocycles. The number of para-hydroxylation sites is 1. The summed E-state index contributed by atoms with van der Waals surface area (Å²) in [7, 11) is 1.61. The molecule has 1 aromatic rings.